The minimum Gasteiger partial charge on any atom is -0.497 e. The number of methoxy groups -OCH3 is 1. The van der Waals surface area contributed by atoms with Crippen LogP contribution in [0.4, 0.5) is 5.69 Å². The largest absolute Gasteiger partial charge is 0.497 e. The second-order valence-electron chi connectivity index (χ2n) is 4.42. The standard InChI is InChI=1S/C13H14BrN3O2/c1-19-10-4-2-9(3-5-10)16-6-7-17-12(18)11(14)8-15-13(16)17/h2-5,8,13,15H,6-7H2,1H3. The topological polar surface area (TPSA) is 44.8 Å². The number of nitrogens with zero attached hydrogens (tertiary/aromatic N) is 2. The molecule has 2 aliphatic heterocycles. The van der Waals surface area contributed by atoms with Gasteiger partial charge in [0.25, 0.3) is 5.91 Å². The van der Waals surface area contributed by atoms with Gasteiger partial charge in [-0.1, -0.05) is 0 Å². The molecule has 0 saturated carbocycles. The van der Waals surface area contributed by atoms with Crippen LogP contribution in [0.25, 0.3) is 0 Å². The minimum absolute atomic E-state index is 0.0276. The van der Waals surface area contributed by atoms with Crippen molar-refractivity contribution >= 4 is 27.5 Å². The summed E-state index contributed by atoms with van der Waals surface area (Å²) in [5, 5.41) is 3.23. The van der Waals surface area contributed by atoms with Crippen LogP contribution in [0.15, 0.2) is 34.9 Å². The predicted molar refractivity (Wildman–Crippen MR) is 76.0 cm³/mol. The highest BCUT2D eigenvalue weighted by Crippen LogP contribution is 2.28. The van der Waals surface area contributed by atoms with Gasteiger partial charge < -0.3 is 15.0 Å². The van der Waals surface area contributed by atoms with E-state index in [4.69, 9.17) is 4.74 Å². The van der Waals surface area contributed by atoms with Crippen LogP contribution < -0.4 is 15.0 Å². The van der Waals surface area contributed by atoms with Crippen molar-refractivity contribution in [2.45, 2.75) is 6.29 Å². The quantitative estimate of drug-likeness (QED) is 0.895. The molecule has 3 rings (SSSR count). The summed E-state index contributed by atoms with van der Waals surface area (Å²) in [6.07, 6.45) is 1.60. The number of nitrogens with one attached hydrogen (secondary N) is 1. The van der Waals surface area contributed by atoms with Crippen molar-refractivity contribution in [3.63, 3.8) is 0 Å². The minimum atomic E-state index is -0.109. The van der Waals surface area contributed by atoms with Crippen LogP contribution in [0.5, 0.6) is 5.75 Å². The molecule has 0 aliphatic carbocycles. The number of carbonyl (C=O) groups excluding carboxylic acids is 1. The molecule has 0 spiro atoms. The molecule has 1 unspecified atom stereocenters. The van der Waals surface area contributed by atoms with Crippen molar-refractivity contribution in [1.29, 1.82) is 0 Å². The Labute approximate surface area is 119 Å². The highest BCUT2D eigenvalue weighted by Gasteiger charge is 2.38. The lowest BCUT2D eigenvalue weighted by Crippen LogP contribution is -2.53. The fourth-order valence-electron chi connectivity index (χ4n) is 2.41. The van der Waals surface area contributed by atoms with Crippen molar-refractivity contribution < 1.29 is 9.53 Å². The van der Waals surface area contributed by atoms with E-state index < -0.39 is 0 Å². The average Bonchev–Trinajstić information content (AvgIpc) is 2.87. The van der Waals surface area contributed by atoms with Gasteiger partial charge >= 0.3 is 0 Å². The van der Waals surface area contributed by atoms with Gasteiger partial charge in [0.2, 0.25) is 0 Å². The fraction of sp³-hybridized carbons (Fsp3) is 0.308. The number of amides is 1. The van der Waals surface area contributed by atoms with Gasteiger partial charge in [-0.15, -0.1) is 0 Å². The lowest BCUT2D eigenvalue weighted by Gasteiger charge is -2.34. The van der Waals surface area contributed by atoms with Gasteiger partial charge in [-0.25, -0.2) is 0 Å². The third-order valence-electron chi connectivity index (χ3n) is 3.40. The number of ether oxygens (including phenoxy) is 1. The number of anilines is 1. The zero-order chi connectivity index (χ0) is 13.4. The second kappa shape index (κ2) is 4.77. The first-order valence-electron chi connectivity index (χ1n) is 6.04. The maximum absolute atomic E-state index is 12.0. The van der Waals surface area contributed by atoms with E-state index in [0.717, 1.165) is 18.0 Å². The number of benzene rings is 1. The van der Waals surface area contributed by atoms with Crippen LogP contribution in [0.2, 0.25) is 0 Å². The van der Waals surface area contributed by atoms with Crippen LogP contribution in [-0.2, 0) is 4.79 Å². The van der Waals surface area contributed by atoms with Gasteiger partial charge in [0.05, 0.1) is 11.6 Å². The zero-order valence-electron chi connectivity index (χ0n) is 10.5. The molecule has 1 atom stereocenters. The molecule has 19 heavy (non-hydrogen) atoms. The third-order valence-corrected chi connectivity index (χ3v) is 3.97. The molecule has 1 aromatic rings. The SMILES string of the molecule is COc1ccc(N2CCN3C(=O)C(Br)=CNC32)cc1. The molecule has 1 saturated heterocycles. The van der Waals surface area contributed by atoms with Crippen molar-refractivity contribution in [3.8, 4) is 5.75 Å². The Morgan fingerprint density at radius 2 is 1.95 bits per heavy atom. The van der Waals surface area contributed by atoms with E-state index >= 15 is 0 Å². The maximum Gasteiger partial charge on any atom is 0.265 e. The van der Waals surface area contributed by atoms with Crippen molar-refractivity contribution in [2.24, 2.45) is 0 Å². The van der Waals surface area contributed by atoms with Crippen molar-refractivity contribution in [2.75, 3.05) is 25.1 Å². The Balaban J connectivity index is 1.85. The van der Waals surface area contributed by atoms with E-state index in [9.17, 15) is 4.79 Å². The Hall–Kier alpha value is -1.69. The number of carbonyl (C=O) groups is 1. The van der Waals surface area contributed by atoms with Crippen LogP contribution in [0.3, 0.4) is 0 Å². The number of rotatable bonds is 2. The molecule has 5 nitrogen and oxygen atoms in total. The first kappa shape index (κ1) is 12.3. The lowest BCUT2D eigenvalue weighted by molar-refractivity contribution is -0.128. The summed E-state index contributed by atoms with van der Waals surface area (Å²) in [5.74, 6) is 0.856. The molecule has 1 aromatic carbocycles. The van der Waals surface area contributed by atoms with E-state index in [1.165, 1.54) is 0 Å². The molecule has 100 valence electrons. The molecule has 1 amide bonds. The Bertz CT molecular complexity index is 529. The number of hydrogen-bond acceptors (Lipinski definition) is 4. The molecule has 1 fully saturated rings. The molecular weight excluding hydrogens is 310 g/mol. The summed E-state index contributed by atoms with van der Waals surface area (Å²) in [5.41, 5.74) is 1.07. The van der Waals surface area contributed by atoms with E-state index in [0.29, 0.717) is 11.0 Å². The molecule has 1 N–H and O–H groups in total. The Morgan fingerprint density at radius 3 is 2.63 bits per heavy atom. The summed E-state index contributed by atoms with van der Waals surface area (Å²) < 4.78 is 5.72. The smallest absolute Gasteiger partial charge is 0.265 e. The van der Waals surface area contributed by atoms with Gasteiger partial charge in [0.15, 0.2) is 6.29 Å². The first-order valence-corrected chi connectivity index (χ1v) is 6.83. The summed E-state index contributed by atoms with van der Waals surface area (Å²) in [7, 11) is 1.65. The summed E-state index contributed by atoms with van der Waals surface area (Å²) >= 11 is 3.26. The van der Waals surface area contributed by atoms with Gasteiger partial charge in [-0.05, 0) is 40.2 Å². The predicted octanol–water partition coefficient (Wildman–Crippen LogP) is 1.47. The van der Waals surface area contributed by atoms with E-state index in [1.54, 1.807) is 13.3 Å². The van der Waals surface area contributed by atoms with Gasteiger partial charge in [-0.3, -0.25) is 9.69 Å². The molecule has 2 heterocycles. The van der Waals surface area contributed by atoms with Gasteiger partial charge in [0.1, 0.15) is 5.75 Å². The number of fused-ring (bicyclic) bond motifs is 1. The maximum atomic E-state index is 12.0. The molecule has 6 heteroatoms. The van der Waals surface area contributed by atoms with Crippen molar-refractivity contribution in [1.82, 2.24) is 10.2 Å². The normalized spacial score (nSPS) is 21.9. The highest BCUT2D eigenvalue weighted by atomic mass is 79.9. The molecule has 0 bridgehead atoms. The third kappa shape index (κ3) is 2.06. The molecule has 0 radical (unpaired) electrons. The summed E-state index contributed by atoms with van der Waals surface area (Å²) in [4.78, 5) is 16.0. The molecular formula is C13H14BrN3O2. The first-order chi connectivity index (χ1) is 9.20. The zero-order valence-corrected chi connectivity index (χ0v) is 12.1. The van der Waals surface area contributed by atoms with Crippen LogP contribution >= 0.6 is 15.9 Å². The van der Waals surface area contributed by atoms with Crippen molar-refractivity contribution in [3.05, 3.63) is 34.9 Å². The Morgan fingerprint density at radius 1 is 1.26 bits per heavy atom. The highest BCUT2D eigenvalue weighted by molar-refractivity contribution is 9.12. The molecule has 2 aliphatic rings. The monoisotopic (exact) mass is 323 g/mol. The van der Waals surface area contributed by atoms with E-state index in [2.05, 4.69) is 26.1 Å². The second-order valence-corrected chi connectivity index (χ2v) is 5.28. The summed E-state index contributed by atoms with van der Waals surface area (Å²) in [6, 6.07) is 7.85. The molecule has 0 aromatic heterocycles. The van der Waals surface area contributed by atoms with Gasteiger partial charge in [0, 0.05) is 25.0 Å². The Kier molecular flexibility index (Phi) is 3.10. The van der Waals surface area contributed by atoms with Crippen LogP contribution in [0, 0.1) is 0 Å². The van der Waals surface area contributed by atoms with Gasteiger partial charge in [-0.2, -0.15) is 0 Å². The fourth-order valence-corrected chi connectivity index (χ4v) is 2.77. The van der Waals surface area contributed by atoms with E-state index in [-0.39, 0.29) is 12.2 Å². The number of hydrogen-bond donors (Lipinski definition) is 1. The van der Waals surface area contributed by atoms with Crippen LogP contribution in [0.1, 0.15) is 0 Å². The lowest BCUT2D eigenvalue weighted by atomic mass is 10.3. The van der Waals surface area contributed by atoms with E-state index in [1.807, 2.05) is 29.2 Å². The van der Waals surface area contributed by atoms with Crippen LogP contribution in [-0.4, -0.2) is 37.3 Å². The average molecular weight is 324 g/mol. The summed E-state index contributed by atoms with van der Waals surface area (Å²) in [6.45, 7) is 1.52. The number of halogens is 1.